The van der Waals surface area contributed by atoms with Gasteiger partial charge in [-0.15, -0.1) is 0 Å². The van der Waals surface area contributed by atoms with E-state index in [9.17, 15) is 9.59 Å². The molecule has 0 aliphatic carbocycles. The highest BCUT2D eigenvalue weighted by atomic mass is 32.2. The van der Waals surface area contributed by atoms with Crippen LogP contribution in [0.25, 0.3) is 0 Å². The number of amides is 2. The van der Waals surface area contributed by atoms with E-state index in [0.717, 1.165) is 54.3 Å². The van der Waals surface area contributed by atoms with Gasteiger partial charge in [-0.2, -0.15) is 0 Å². The molecule has 1 N–H and O–H groups in total. The second-order valence-corrected chi connectivity index (χ2v) is 10.7. The van der Waals surface area contributed by atoms with E-state index in [0.29, 0.717) is 12.2 Å². The highest BCUT2D eigenvalue weighted by molar-refractivity contribution is 7.99. The van der Waals surface area contributed by atoms with Crippen molar-refractivity contribution in [1.82, 2.24) is 5.32 Å². The van der Waals surface area contributed by atoms with Crippen molar-refractivity contribution >= 4 is 29.4 Å². The van der Waals surface area contributed by atoms with Crippen molar-refractivity contribution in [3.05, 3.63) is 48.5 Å². The third-order valence-corrected chi connectivity index (χ3v) is 7.20. The first kappa shape index (κ1) is 30.8. The number of hydrogen-bond donors (Lipinski definition) is 1. The third-order valence-electron chi connectivity index (χ3n) is 6.18. The van der Waals surface area contributed by atoms with Crippen LogP contribution in [-0.4, -0.2) is 25.1 Å². The third kappa shape index (κ3) is 12.6. The van der Waals surface area contributed by atoms with Gasteiger partial charge in [-0.25, -0.2) is 4.79 Å². The van der Waals surface area contributed by atoms with Gasteiger partial charge in [0.2, 0.25) is 0 Å². The maximum atomic E-state index is 13.1. The van der Waals surface area contributed by atoms with Crippen LogP contribution in [0.2, 0.25) is 0 Å². The summed E-state index contributed by atoms with van der Waals surface area (Å²) in [6.45, 7) is 7.85. The number of carbonyl (C=O) groups is 2. The van der Waals surface area contributed by atoms with E-state index in [2.05, 4.69) is 31.3 Å². The van der Waals surface area contributed by atoms with Crippen LogP contribution in [0, 0.1) is 0 Å². The summed E-state index contributed by atoms with van der Waals surface area (Å²) in [7, 11) is 0. The number of anilines is 1. The molecule has 0 radical (unpaired) electrons. The molecule has 0 fully saturated rings. The van der Waals surface area contributed by atoms with Crippen molar-refractivity contribution in [2.45, 2.75) is 108 Å². The van der Waals surface area contributed by atoms with E-state index in [1.54, 1.807) is 11.8 Å². The molecule has 2 rings (SSSR count). The fourth-order valence-electron chi connectivity index (χ4n) is 4.03. The molecule has 0 bridgehead atoms. The van der Waals surface area contributed by atoms with Gasteiger partial charge in [0, 0.05) is 35.0 Å². The second kappa shape index (κ2) is 18.7. The molecule has 0 atom stereocenters. The van der Waals surface area contributed by atoms with E-state index in [-0.39, 0.29) is 12.0 Å². The van der Waals surface area contributed by atoms with Gasteiger partial charge in [-0.3, -0.25) is 9.69 Å². The Labute approximate surface area is 228 Å². The first-order valence-corrected chi connectivity index (χ1v) is 15.0. The number of nitrogens with one attached hydrogen (secondary N) is 1. The van der Waals surface area contributed by atoms with Crippen LogP contribution in [0.1, 0.15) is 97.8 Å². The Morgan fingerprint density at radius 2 is 1.30 bits per heavy atom. The van der Waals surface area contributed by atoms with Crippen LogP contribution in [0.5, 0.6) is 5.75 Å². The smallest absolute Gasteiger partial charge is 0.321 e. The van der Waals surface area contributed by atoms with E-state index < -0.39 is 0 Å². The van der Waals surface area contributed by atoms with E-state index in [4.69, 9.17) is 4.74 Å². The number of esters is 1. The second-order valence-electron chi connectivity index (χ2n) is 9.50. The van der Waals surface area contributed by atoms with Crippen molar-refractivity contribution in [3.8, 4) is 5.75 Å². The van der Waals surface area contributed by atoms with Crippen LogP contribution in [0.15, 0.2) is 58.3 Å². The number of nitrogens with zero attached hydrogens (tertiary/aromatic N) is 1. The lowest BCUT2D eigenvalue weighted by Gasteiger charge is -2.23. The lowest BCUT2D eigenvalue weighted by Crippen LogP contribution is -2.41. The molecule has 0 heterocycles. The summed E-state index contributed by atoms with van der Waals surface area (Å²) in [5.41, 5.74) is 0.932. The molecule has 2 aromatic carbocycles. The van der Waals surface area contributed by atoms with Crippen LogP contribution < -0.4 is 15.0 Å². The molecule has 0 unspecified atom stereocenters. The Kier molecular flexibility index (Phi) is 15.6. The lowest BCUT2D eigenvalue weighted by atomic mass is 10.1. The standard InChI is InChI=1S/C31H46N2O3S/c1-4-7-9-11-13-24-32-31(35)33(25-14-12-10-8-5-2)26-16-20-28(21-17-26)37-29-22-18-27(19-23-29)36-30(34)15-6-3/h16-23H,4-15,24-25H2,1-3H3,(H,32,35). The largest absolute Gasteiger partial charge is 0.427 e. The summed E-state index contributed by atoms with van der Waals surface area (Å²) in [5, 5.41) is 3.14. The van der Waals surface area contributed by atoms with Crippen molar-refractivity contribution < 1.29 is 14.3 Å². The molecule has 37 heavy (non-hydrogen) atoms. The Hall–Kier alpha value is -2.47. The fraction of sp³-hybridized carbons (Fsp3) is 0.548. The highest BCUT2D eigenvalue weighted by Gasteiger charge is 2.15. The number of urea groups is 1. The summed E-state index contributed by atoms with van der Waals surface area (Å²) < 4.78 is 5.34. The molecule has 0 aliphatic rings. The zero-order chi connectivity index (χ0) is 26.7. The first-order chi connectivity index (χ1) is 18.1. The first-order valence-electron chi connectivity index (χ1n) is 14.2. The topological polar surface area (TPSA) is 58.6 Å². The summed E-state index contributed by atoms with van der Waals surface area (Å²) in [6.07, 6.45) is 13.0. The molecule has 0 aromatic heterocycles. The van der Waals surface area contributed by atoms with Crippen molar-refractivity contribution in [2.75, 3.05) is 18.0 Å². The fourth-order valence-corrected chi connectivity index (χ4v) is 4.85. The van der Waals surface area contributed by atoms with Crippen LogP contribution >= 0.6 is 11.8 Å². The van der Waals surface area contributed by atoms with Gasteiger partial charge in [0.1, 0.15) is 5.75 Å². The van der Waals surface area contributed by atoms with Gasteiger partial charge in [0.05, 0.1) is 0 Å². The van der Waals surface area contributed by atoms with Gasteiger partial charge < -0.3 is 10.1 Å². The normalized spacial score (nSPS) is 10.8. The molecular formula is C31H46N2O3S. The van der Waals surface area contributed by atoms with Gasteiger partial charge in [0.15, 0.2) is 0 Å². The summed E-state index contributed by atoms with van der Waals surface area (Å²) in [5.74, 6) is 0.373. The van der Waals surface area contributed by atoms with E-state index >= 15 is 0 Å². The zero-order valence-electron chi connectivity index (χ0n) is 23.1. The summed E-state index contributed by atoms with van der Waals surface area (Å²) >= 11 is 1.64. The van der Waals surface area contributed by atoms with Gasteiger partial charge in [0.25, 0.3) is 0 Å². The van der Waals surface area contributed by atoms with Crippen molar-refractivity contribution in [3.63, 3.8) is 0 Å². The van der Waals surface area contributed by atoms with E-state index in [1.807, 2.05) is 48.2 Å². The number of rotatable bonds is 18. The predicted molar refractivity (Wildman–Crippen MR) is 156 cm³/mol. The molecular weight excluding hydrogens is 480 g/mol. The number of carbonyl (C=O) groups excluding carboxylic acids is 2. The molecule has 6 heteroatoms. The van der Waals surface area contributed by atoms with Gasteiger partial charge in [-0.1, -0.05) is 83.9 Å². The molecule has 2 amide bonds. The Balaban J connectivity index is 1.95. The molecule has 2 aromatic rings. The van der Waals surface area contributed by atoms with Crippen LogP contribution in [0.3, 0.4) is 0 Å². The van der Waals surface area contributed by atoms with Gasteiger partial charge in [-0.05, 0) is 67.8 Å². The van der Waals surface area contributed by atoms with E-state index in [1.165, 1.54) is 44.9 Å². The quantitative estimate of drug-likeness (QED) is 0.120. The minimum absolute atomic E-state index is 0.000375. The average molecular weight is 527 g/mol. The van der Waals surface area contributed by atoms with Gasteiger partial charge >= 0.3 is 12.0 Å². The van der Waals surface area contributed by atoms with Crippen molar-refractivity contribution in [2.24, 2.45) is 0 Å². The molecule has 204 valence electrons. The molecule has 0 saturated carbocycles. The molecule has 0 saturated heterocycles. The number of ether oxygens (including phenoxy) is 1. The molecule has 5 nitrogen and oxygen atoms in total. The minimum Gasteiger partial charge on any atom is -0.427 e. The zero-order valence-corrected chi connectivity index (χ0v) is 23.9. The minimum atomic E-state index is -0.200. The van der Waals surface area contributed by atoms with Crippen LogP contribution in [0.4, 0.5) is 10.5 Å². The number of benzene rings is 2. The average Bonchev–Trinajstić information content (AvgIpc) is 2.90. The summed E-state index contributed by atoms with van der Waals surface area (Å²) in [4.78, 5) is 28.8. The number of hydrogen-bond acceptors (Lipinski definition) is 4. The predicted octanol–water partition coefficient (Wildman–Crippen LogP) is 9.00. The Morgan fingerprint density at radius 3 is 1.89 bits per heavy atom. The highest BCUT2D eigenvalue weighted by Crippen LogP contribution is 2.31. The number of unbranched alkanes of at least 4 members (excludes halogenated alkanes) is 8. The lowest BCUT2D eigenvalue weighted by molar-refractivity contribution is -0.134. The molecule has 0 spiro atoms. The van der Waals surface area contributed by atoms with Crippen LogP contribution in [-0.2, 0) is 4.79 Å². The Bertz CT molecular complexity index is 900. The monoisotopic (exact) mass is 526 g/mol. The summed E-state index contributed by atoms with van der Waals surface area (Å²) in [6, 6.07) is 15.8. The SMILES string of the molecule is CCCCCCCNC(=O)N(CCCCCCC)c1ccc(Sc2ccc(OC(=O)CCC)cc2)cc1. The maximum absolute atomic E-state index is 13.1. The Morgan fingerprint density at radius 1 is 0.730 bits per heavy atom. The molecule has 0 aliphatic heterocycles. The van der Waals surface area contributed by atoms with Crippen molar-refractivity contribution in [1.29, 1.82) is 0 Å². The maximum Gasteiger partial charge on any atom is 0.321 e.